The zero-order valence-electron chi connectivity index (χ0n) is 5.72. The van der Waals surface area contributed by atoms with Gasteiger partial charge in [-0.3, -0.25) is 0 Å². The Morgan fingerprint density at radius 2 is 2.60 bits per heavy atom. The number of cyclic esters (lactones) is 1. The van der Waals surface area contributed by atoms with Crippen LogP contribution in [0.15, 0.2) is 0 Å². The van der Waals surface area contributed by atoms with Crippen LogP contribution in [0.4, 0.5) is 4.79 Å². The molecule has 0 aromatic rings. The molecular formula is C7H8O2S. The van der Waals surface area contributed by atoms with Gasteiger partial charge in [0.2, 0.25) is 0 Å². The summed E-state index contributed by atoms with van der Waals surface area (Å²) in [5.74, 6) is 3.27. The molecule has 1 saturated heterocycles. The monoisotopic (exact) mass is 156 g/mol. The largest absolute Gasteiger partial charge is 0.456 e. The van der Waals surface area contributed by atoms with Gasteiger partial charge in [-0.1, -0.05) is 5.92 Å². The Hall–Kier alpha value is -0.620. The Bertz CT molecular complexity index is 182. The van der Waals surface area contributed by atoms with Crippen molar-refractivity contribution in [2.45, 2.75) is 6.92 Å². The van der Waals surface area contributed by atoms with E-state index in [0.29, 0.717) is 12.4 Å². The lowest BCUT2D eigenvalue weighted by Crippen LogP contribution is -2.30. The first kappa shape index (κ1) is 7.49. The molecule has 0 saturated carbocycles. The number of terminal acetylenes is 1. The van der Waals surface area contributed by atoms with Gasteiger partial charge < -0.3 is 4.74 Å². The van der Waals surface area contributed by atoms with E-state index in [2.05, 4.69) is 5.92 Å². The number of rotatable bonds is 0. The van der Waals surface area contributed by atoms with Gasteiger partial charge in [-0.2, -0.15) is 0 Å². The fraction of sp³-hybridized carbons (Fsp3) is 0.571. The first-order chi connectivity index (χ1) is 4.66. The van der Waals surface area contributed by atoms with Crippen LogP contribution in [0, 0.1) is 17.8 Å². The molecule has 54 valence electrons. The number of carbonyl (C=O) groups excluding carboxylic acids is 1. The minimum atomic E-state index is -0.251. The molecule has 1 rings (SSSR count). The van der Waals surface area contributed by atoms with Crippen molar-refractivity contribution in [3.8, 4) is 12.3 Å². The number of thioether (sulfide) groups is 1. The van der Waals surface area contributed by atoms with Crippen molar-refractivity contribution in [2.24, 2.45) is 5.41 Å². The Balaban J connectivity index is 2.56. The molecule has 3 heteroatoms. The summed E-state index contributed by atoms with van der Waals surface area (Å²) in [5.41, 5.74) is -0.251. The van der Waals surface area contributed by atoms with Crippen LogP contribution in [0.1, 0.15) is 6.92 Å². The van der Waals surface area contributed by atoms with Crippen LogP contribution in [-0.2, 0) is 4.74 Å². The van der Waals surface area contributed by atoms with E-state index in [0.717, 1.165) is 11.8 Å². The maximum atomic E-state index is 10.5. The molecule has 1 fully saturated rings. The highest BCUT2D eigenvalue weighted by atomic mass is 32.2. The number of hydrogen-bond donors (Lipinski definition) is 0. The second-order valence-corrected chi connectivity index (χ2v) is 3.44. The van der Waals surface area contributed by atoms with Gasteiger partial charge in [0.05, 0.1) is 5.41 Å². The summed E-state index contributed by atoms with van der Waals surface area (Å²) in [5, 5.41) is -0.215. The van der Waals surface area contributed by atoms with Gasteiger partial charge in [-0.05, 0) is 18.7 Å². The molecule has 1 atom stereocenters. The molecule has 1 heterocycles. The van der Waals surface area contributed by atoms with Crippen LogP contribution in [0.5, 0.6) is 0 Å². The summed E-state index contributed by atoms with van der Waals surface area (Å²) >= 11 is 1.15. The van der Waals surface area contributed by atoms with Crippen LogP contribution >= 0.6 is 11.8 Å². The Kier molecular flexibility index (Phi) is 1.91. The minimum absolute atomic E-state index is 0.215. The lowest BCUT2D eigenvalue weighted by Gasteiger charge is -2.26. The topological polar surface area (TPSA) is 26.3 Å². The smallest absolute Gasteiger partial charge is 0.367 e. The maximum Gasteiger partial charge on any atom is 0.367 e. The molecule has 0 aromatic heterocycles. The lowest BCUT2D eigenvalue weighted by molar-refractivity contribution is 0.139. The second kappa shape index (κ2) is 2.55. The van der Waals surface area contributed by atoms with Crippen molar-refractivity contribution >= 4 is 17.1 Å². The predicted octanol–water partition coefficient (Wildman–Crippen LogP) is 1.51. The normalized spacial score (nSPS) is 32.6. The Labute approximate surface area is 64.3 Å². The summed E-state index contributed by atoms with van der Waals surface area (Å²) in [6.07, 6.45) is 5.23. The SMILES string of the molecule is C#CC1(C)COC(=O)SC1. The highest BCUT2D eigenvalue weighted by molar-refractivity contribution is 8.13. The van der Waals surface area contributed by atoms with Crippen molar-refractivity contribution in [1.82, 2.24) is 0 Å². The van der Waals surface area contributed by atoms with Crippen LogP contribution in [-0.4, -0.2) is 17.7 Å². The standard InChI is InChI=1S/C7H8O2S/c1-3-7(2)4-9-6(8)10-5-7/h1H,4-5H2,2H3. The van der Waals surface area contributed by atoms with Gasteiger partial charge in [0.25, 0.3) is 0 Å². The maximum absolute atomic E-state index is 10.5. The average Bonchev–Trinajstić information content (AvgIpc) is 1.96. The van der Waals surface area contributed by atoms with E-state index < -0.39 is 0 Å². The molecule has 0 radical (unpaired) electrons. The molecule has 0 spiro atoms. The molecule has 0 amide bonds. The molecule has 2 nitrogen and oxygen atoms in total. The van der Waals surface area contributed by atoms with Crippen molar-refractivity contribution in [3.63, 3.8) is 0 Å². The molecule has 0 aromatic carbocycles. The summed E-state index contributed by atoms with van der Waals surface area (Å²) in [4.78, 5) is 10.5. The molecule has 1 aliphatic heterocycles. The van der Waals surface area contributed by atoms with Gasteiger partial charge in [-0.15, -0.1) is 6.42 Å². The third-order valence-corrected chi connectivity index (χ3v) is 2.50. The van der Waals surface area contributed by atoms with Gasteiger partial charge in [0.1, 0.15) is 6.61 Å². The minimum Gasteiger partial charge on any atom is -0.456 e. The van der Waals surface area contributed by atoms with Crippen LogP contribution in [0.25, 0.3) is 0 Å². The molecule has 1 unspecified atom stereocenters. The van der Waals surface area contributed by atoms with Gasteiger partial charge in [0.15, 0.2) is 0 Å². The third kappa shape index (κ3) is 1.45. The van der Waals surface area contributed by atoms with Gasteiger partial charge in [-0.25, -0.2) is 4.79 Å². The van der Waals surface area contributed by atoms with E-state index in [1.54, 1.807) is 0 Å². The first-order valence-corrected chi connectivity index (χ1v) is 3.92. The van der Waals surface area contributed by atoms with Crippen LogP contribution in [0.2, 0.25) is 0 Å². The molecular weight excluding hydrogens is 148 g/mol. The van der Waals surface area contributed by atoms with Crippen LogP contribution in [0.3, 0.4) is 0 Å². The van der Waals surface area contributed by atoms with Crippen LogP contribution < -0.4 is 0 Å². The second-order valence-electron chi connectivity index (χ2n) is 2.53. The number of hydrogen-bond acceptors (Lipinski definition) is 3. The van der Waals surface area contributed by atoms with Crippen molar-refractivity contribution < 1.29 is 9.53 Å². The summed E-state index contributed by atoms with van der Waals surface area (Å²) in [6, 6.07) is 0. The van der Waals surface area contributed by atoms with Crippen molar-refractivity contribution in [2.75, 3.05) is 12.4 Å². The van der Waals surface area contributed by atoms with Crippen molar-refractivity contribution in [1.29, 1.82) is 0 Å². The highest BCUT2D eigenvalue weighted by Gasteiger charge is 2.29. The molecule has 0 N–H and O–H groups in total. The summed E-state index contributed by atoms with van der Waals surface area (Å²) < 4.78 is 4.77. The molecule has 0 aliphatic carbocycles. The molecule has 10 heavy (non-hydrogen) atoms. The Morgan fingerprint density at radius 3 is 3.00 bits per heavy atom. The Morgan fingerprint density at radius 1 is 1.90 bits per heavy atom. The third-order valence-electron chi connectivity index (χ3n) is 1.37. The fourth-order valence-corrected chi connectivity index (χ4v) is 1.35. The van der Waals surface area contributed by atoms with E-state index in [9.17, 15) is 4.79 Å². The average molecular weight is 156 g/mol. The molecule has 1 aliphatic rings. The number of carbonyl (C=O) groups is 1. The van der Waals surface area contributed by atoms with E-state index >= 15 is 0 Å². The van der Waals surface area contributed by atoms with E-state index in [1.165, 1.54) is 0 Å². The van der Waals surface area contributed by atoms with E-state index in [1.807, 2.05) is 6.92 Å². The predicted molar refractivity (Wildman–Crippen MR) is 40.7 cm³/mol. The van der Waals surface area contributed by atoms with Gasteiger partial charge in [0, 0.05) is 5.75 Å². The summed E-state index contributed by atoms with van der Waals surface area (Å²) in [7, 11) is 0. The lowest BCUT2D eigenvalue weighted by atomic mass is 9.96. The summed E-state index contributed by atoms with van der Waals surface area (Å²) in [6.45, 7) is 2.27. The van der Waals surface area contributed by atoms with E-state index in [4.69, 9.17) is 11.2 Å². The zero-order valence-corrected chi connectivity index (χ0v) is 6.53. The highest BCUT2D eigenvalue weighted by Crippen LogP contribution is 2.28. The quantitative estimate of drug-likeness (QED) is 0.393. The zero-order chi connectivity index (χ0) is 7.61. The van der Waals surface area contributed by atoms with Gasteiger partial charge >= 0.3 is 5.30 Å². The van der Waals surface area contributed by atoms with E-state index in [-0.39, 0.29) is 10.7 Å². The first-order valence-electron chi connectivity index (χ1n) is 2.94. The number of ether oxygens (including phenoxy) is 1. The fourth-order valence-electron chi connectivity index (χ4n) is 0.603. The van der Waals surface area contributed by atoms with Crippen molar-refractivity contribution in [3.05, 3.63) is 0 Å². The molecule has 0 bridgehead atoms.